The van der Waals surface area contributed by atoms with Crippen LogP contribution in [0.4, 0.5) is 11.4 Å². The molecule has 1 N–H and O–H groups in total. The number of benzene rings is 1. The third kappa shape index (κ3) is 3.61. The molecule has 1 aromatic heterocycles. The van der Waals surface area contributed by atoms with Crippen molar-refractivity contribution in [2.45, 2.75) is 19.4 Å². The lowest BCUT2D eigenvalue weighted by molar-refractivity contribution is -0.125. The first-order chi connectivity index (χ1) is 14.7. The fourth-order valence-corrected chi connectivity index (χ4v) is 4.10. The van der Waals surface area contributed by atoms with Gasteiger partial charge in [-0.2, -0.15) is 0 Å². The summed E-state index contributed by atoms with van der Waals surface area (Å²) in [5.74, 6) is 0.163. The monoisotopic (exact) mass is 400 g/mol. The van der Waals surface area contributed by atoms with Gasteiger partial charge in [0, 0.05) is 56.0 Å². The summed E-state index contributed by atoms with van der Waals surface area (Å²) in [5.41, 5.74) is 5.44. The molecule has 0 unspecified atom stereocenters. The third-order valence-corrected chi connectivity index (χ3v) is 6.03. The van der Waals surface area contributed by atoms with E-state index in [9.17, 15) is 9.59 Å². The van der Waals surface area contributed by atoms with Crippen LogP contribution in [-0.2, 0) is 22.6 Å². The van der Waals surface area contributed by atoms with Crippen LogP contribution in [0.15, 0.2) is 66.5 Å². The molecule has 6 heteroatoms. The number of carbonyl (C=O) groups is 2. The van der Waals surface area contributed by atoms with E-state index in [1.807, 2.05) is 29.2 Å². The highest BCUT2D eigenvalue weighted by molar-refractivity contribution is 6.04. The number of allylic oxidation sites excluding steroid dienone is 3. The van der Waals surface area contributed by atoms with Gasteiger partial charge in [0.05, 0.1) is 5.92 Å². The minimum atomic E-state index is 0.00941. The van der Waals surface area contributed by atoms with Crippen molar-refractivity contribution in [3.63, 3.8) is 0 Å². The molecule has 0 saturated carbocycles. The molecule has 0 spiro atoms. The van der Waals surface area contributed by atoms with E-state index in [1.54, 1.807) is 18.5 Å². The van der Waals surface area contributed by atoms with Crippen LogP contribution in [0, 0.1) is 5.92 Å². The van der Waals surface area contributed by atoms with E-state index in [0.717, 1.165) is 55.0 Å². The Morgan fingerprint density at radius 3 is 2.83 bits per heavy atom. The number of carbonyl (C=O) groups excluding carboxylic acids is 2. The van der Waals surface area contributed by atoms with Gasteiger partial charge in [0.1, 0.15) is 0 Å². The van der Waals surface area contributed by atoms with Gasteiger partial charge in [-0.3, -0.25) is 14.6 Å². The van der Waals surface area contributed by atoms with Gasteiger partial charge < -0.3 is 15.1 Å². The minimum Gasteiger partial charge on any atom is -0.370 e. The summed E-state index contributed by atoms with van der Waals surface area (Å²) in [6, 6.07) is 10.1. The van der Waals surface area contributed by atoms with Gasteiger partial charge in [0.2, 0.25) is 5.91 Å². The zero-order valence-corrected chi connectivity index (χ0v) is 16.8. The molecule has 5 rings (SSSR count). The first kappa shape index (κ1) is 18.6. The molecule has 2 aliphatic heterocycles. The maximum atomic E-state index is 12.5. The predicted molar refractivity (Wildman–Crippen MR) is 116 cm³/mol. The SMILES string of the molecule is O=C(NCc1cccnc1)C1CN(c2ccc3c(c2)CCN3C(=O)/C=C2/C=CC2)C1. The van der Waals surface area contributed by atoms with Crippen LogP contribution in [0.3, 0.4) is 0 Å². The normalized spacial score (nSPS) is 18.7. The fourth-order valence-electron chi connectivity index (χ4n) is 4.10. The minimum absolute atomic E-state index is 0.00941. The van der Waals surface area contributed by atoms with E-state index in [0.29, 0.717) is 6.54 Å². The summed E-state index contributed by atoms with van der Waals surface area (Å²) >= 11 is 0. The Morgan fingerprint density at radius 2 is 2.10 bits per heavy atom. The summed E-state index contributed by atoms with van der Waals surface area (Å²) in [7, 11) is 0. The van der Waals surface area contributed by atoms with Crippen molar-refractivity contribution < 1.29 is 9.59 Å². The van der Waals surface area contributed by atoms with Gasteiger partial charge in [-0.25, -0.2) is 0 Å². The standard InChI is InChI=1S/C24H24N4O2/c29-23(11-17-3-1-4-17)28-10-8-19-12-21(6-7-22(19)28)27-15-20(16-27)24(30)26-14-18-5-2-9-25-13-18/h1-3,5-7,9,11-13,20H,4,8,10,14-16H2,(H,26,30)/b17-11-. The molecular formula is C24H24N4O2. The molecule has 3 aliphatic rings. The number of fused-ring (bicyclic) bond motifs is 1. The van der Waals surface area contributed by atoms with E-state index >= 15 is 0 Å². The number of nitrogens with one attached hydrogen (secondary N) is 1. The zero-order valence-electron chi connectivity index (χ0n) is 16.8. The molecule has 1 fully saturated rings. The van der Waals surface area contributed by atoms with Gasteiger partial charge in [-0.15, -0.1) is 0 Å². The molecule has 2 aromatic rings. The summed E-state index contributed by atoms with van der Waals surface area (Å²) < 4.78 is 0. The molecule has 2 amide bonds. The quantitative estimate of drug-likeness (QED) is 0.784. The first-order valence-corrected chi connectivity index (χ1v) is 10.4. The molecule has 0 atom stereocenters. The van der Waals surface area contributed by atoms with Crippen molar-refractivity contribution in [1.82, 2.24) is 10.3 Å². The Labute approximate surface area is 175 Å². The largest absolute Gasteiger partial charge is 0.370 e. The van der Waals surface area contributed by atoms with Crippen molar-refractivity contribution in [2.75, 3.05) is 29.4 Å². The number of rotatable bonds is 5. The molecule has 1 aromatic carbocycles. The highest BCUT2D eigenvalue weighted by Crippen LogP contribution is 2.34. The molecule has 6 nitrogen and oxygen atoms in total. The number of aromatic nitrogens is 1. The summed E-state index contributed by atoms with van der Waals surface area (Å²) in [5, 5.41) is 3.00. The summed E-state index contributed by atoms with van der Waals surface area (Å²) in [4.78, 5) is 33.1. The lowest BCUT2D eigenvalue weighted by Gasteiger charge is -2.40. The highest BCUT2D eigenvalue weighted by atomic mass is 16.2. The summed E-state index contributed by atoms with van der Waals surface area (Å²) in [6.07, 6.45) is 11.0. The fraction of sp³-hybridized carbons (Fsp3) is 0.292. The Balaban J connectivity index is 1.17. The topological polar surface area (TPSA) is 65.5 Å². The maximum absolute atomic E-state index is 12.5. The summed E-state index contributed by atoms with van der Waals surface area (Å²) in [6.45, 7) is 2.68. The smallest absolute Gasteiger partial charge is 0.251 e. The van der Waals surface area contributed by atoms with Gasteiger partial charge >= 0.3 is 0 Å². The second-order valence-electron chi connectivity index (χ2n) is 8.06. The van der Waals surface area contributed by atoms with Crippen molar-refractivity contribution in [3.05, 3.63) is 77.7 Å². The third-order valence-electron chi connectivity index (χ3n) is 6.03. The van der Waals surface area contributed by atoms with Crippen molar-refractivity contribution in [1.29, 1.82) is 0 Å². The number of hydrogen-bond donors (Lipinski definition) is 1. The first-order valence-electron chi connectivity index (χ1n) is 10.4. The van der Waals surface area contributed by atoms with Gasteiger partial charge in [-0.05, 0) is 53.8 Å². The Kier molecular flexibility index (Phi) is 4.83. The number of nitrogens with zero attached hydrogens (tertiary/aromatic N) is 3. The van der Waals surface area contributed by atoms with Gasteiger partial charge in [0.25, 0.3) is 5.91 Å². The molecular weight excluding hydrogens is 376 g/mol. The molecule has 30 heavy (non-hydrogen) atoms. The molecule has 3 heterocycles. The highest BCUT2D eigenvalue weighted by Gasteiger charge is 2.33. The van der Waals surface area contributed by atoms with Crippen LogP contribution in [0.2, 0.25) is 0 Å². The van der Waals surface area contributed by atoms with Crippen LogP contribution in [-0.4, -0.2) is 36.4 Å². The van der Waals surface area contributed by atoms with Gasteiger partial charge in [0.15, 0.2) is 0 Å². The number of pyridine rings is 1. The maximum Gasteiger partial charge on any atom is 0.251 e. The van der Waals surface area contributed by atoms with Crippen LogP contribution < -0.4 is 15.1 Å². The van der Waals surface area contributed by atoms with Crippen molar-refractivity contribution in [3.8, 4) is 0 Å². The molecule has 0 bridgehead atoms. The Hall–Kier alpha value is -3.41. The predicted octanol–water partition coefficient (Wildman–Crippen LogP) is 2.61. The molecule has 1 aliphatic carbocycles. The van der Waals surface area contributed by atoms with E-state index < -0.39 is 0 Å². The van der Waals surface area contributed by atoms with Gasteiger partial charge in [-0.1, -0.05) is 18.2 Å². The average molecular weight is 400 g/mol. The lowest BCUT2D eigenvalue weighted by atomic mass is 9.97. The molecule has 0 radical (unpaired) electrons. The van der Waals surface area contributed by atoms with E-state index in [2.05, 4.69) is 33.4 Å². The second kappa shape index (κ2) is 7.78. The number of amides is 2. The second-order valence-corrected chi connectivity index (χ2v) is 8.06. The van der Waals surface area contributed by atoms with Crippen LogP contribution >= 0.6 is 0 Å². The van der Waals surface area contributed by atoms with Crippen LogP contribution in [0.25, 0.3) is 0 Å². The van der Waals surface area contributed by atoms with E-state index in [-0.39, 0.29) is 17.7 Å². The number of hydrogen-bond acceptors (Lipinski definition) is 4. The van der Waals surface area contributed by atoms with E-state index in [1.165, 1.54) is 5.56 Å². The lowest BCUT2D eigenvalue weighted by Crippen LogP contribution is -2.53. The molecule has 152 valence electrons. The Bertz CT molecular complexity index is 1040. The zero-order chi connectivity index (χ0) is 20.5. The van der Waals surface area contributed by atoms with E-state index in [4.69, 9.17) is 0 Å². The van der Waals surface area contributed by atoms with Crippen LogP contribution in [0.1, 0.15) is 17.5 Å². The van der Waals surface area contributed by atoms with Crippen molar-refractivity contribution in [2.24, 2.45) is 5.92 Å². The number of anilines is 2. The van der Waals surface area contributed by atoms with Crippen molar-refractivity contribution >= 4 is 23.2 Å². The average Bonchev–Trinajstić information content (AvgIpc) is 3.12. The van der Waals surface area contributed by atoms with Crippen LogP contribution in [0.5, 0.6) is 0 Å². The Morgan fingerprint density at radius 1 is 1.23 bits per heavy atom. The molecule has 1 saturated heterocycles.